The van der Waals surface area contributed by atoms with Crippen LogP contribution < -0.4 is 5.32 Å². The minimum absolute atomic E-state index is 0.149. The number of thiazole rings is 1. The number of Topliss-reactive ketones (excluding diaryl/α,β-unsaturated/α-hetero) is 1. The van der Waals surface area contributed by atoms with Crippen LogP contribution in [0.4, 0.5) is 0 Å². The molecular formula is C9H12N2O2S. The second kappa shape index (κ2) is 4.63. The van der Waals surface area contributed by atoms with E-state index in [1.54, 1.807) is 11.7 Å². The number of ketones is 1. The maximum atomic E-state index is 11.6. The molecule has 1 aromatic heterocycles. The Kier molecular flexibility index (Phi) is 3.23. The first kappa shape index (κ1) is 9.76. The molecular weight excluding hydrogens is 200 g/mol. The monoisotopic (exact) mass is 212 g/mol. The lowest BCUT2D eigenvalue weighted by Gasteiger charge is -2.22. The molecule has 1 fully saturated rings. The van der Waals surface area contributed by atoms with E-state index in [1.165, 1.54) is 11.3 Å². The predicted molar refractivity (Wildman–Crippen MR) is 53.7 cm³/mol. The molecule has 1 N–H and O–H groups in total. The van der Waals surface area contributed by atoms with E-state index in [4.69, 9.17) is 4.74 Å². The summed E-state index contributed by atoms with van der Waals surface area (Å²) >= 11 is 1.39. The molecule has 14 heavy (non-hydrogen) atoms. The molecule has 1 unspecified atom stereocenters. The van der Waals surface area contributed by atoms with Gasteiger partial charge < -0.3 is 10.1 Å². The van der Waals surface area contributed by atoms with Crippen LogP contribution in [-0.2, 0) is 4.74 Å². The maximum Gasteiger partial charge on any atom is 0.176 e. The van der Waals surface area contributed by atoms with Gasteiger partial charge in [-0.2, -0.15) is 0 Å². The summed E-state index contributed by atoms with van der Waals surface area (Å²) in [5.41, 5.74) is 1.68. The summed E-state index contributed by atoms with van der Waals surface area (Å²) in [5, 5.41) is 3.25. The molecule has 0 aromatic carbocycles. The smallest absolute Gasteiger partial charge is 0.176 e. The number of rotatable bonds is 3. The Bertz CT molecular complexity index is 294. The zero-order chi connectivity index (χ0) is 9.80. The maximum absolute atomic E-state index is 11.6. The molecule has 2 heterocycles. The van der Waals surface area contributed by atoms with Crippen LogP contribution in [0.2, 0.25) is 0 Å². The predicted octanol–water partition coefficient (Wildman–Crippen LogP) is 0.704. The summed E-state index contributed by atoms with van der Waals surface area (Å²) in [6.07, 6.45) is 2.12. The van der Waals surface area contributed by atoms with Crippen LogP contribution in [0.5, 0.6) is 0 Å². The summed E-state index contributed by atoms with van der Waals surface area (Å²) in [6, 6.07) is 0.165. The Morgan fingerprint density at radius 3 is 3.36 bits per heavy atom. The highest BCUT2D eigenvalue weighted by atomic mass is 32.1. The molecule has 1 aliphatic heterocycles. The molecule has 1 aromatic rings. The normalized spacial score (nSPS) is 22.1. The van der Waals surface area contributed by atoms with E-state index in [1.807, 2.05) is 0 Å². The molecule has 1 saturated heterocycles. The average molecular weight is 212 g/mol. The standard InChI is InChI=1S/C9H12N2O2S/c12-8(9-4-10-6-14-9)3-7-5-13-2-1-11-7/h4,6-7,11H,1-3,5H2. The highest BCUT2D eigenvalue weighted by Gasteiger charge is 2.18. The van der Waals surface area contributed by atoms with Crippen molar-refractivity contribution >= 4 is 17.1 Å². The number of aromatic nitrogens is 1. The lowest BCUT2D eigenvalue weighted by atomic mass is 10.1. The van der Waals surface area contributed by atoms with Crippen molar-refractivity contribution < 1.29 is 9.53 Å². The summed E-state index contributed by atoms with van der Waals surface area (Å²) < 4.78 is 5.27. The largest absolute Gasteiger partial charge is 0.378 e. The Morgan fingerprint density at radius 1 is 1.79 bits per heavy atom. The molecule has 4 nitrogen and oxygen atoms in total. The fourth-order valence-corrected chi connectivity index (χ4v) is 2.00. The molecule has 2 rings (SSSR count). The van der Waals surface area contributed by atoms with Gasteiger partial charge in [-0.25, -0.2) is 0 Å². The quantitative estimate of drug-likeness (QED) is 0.749. The second-order valence-corrected chi connectivity index (χ2v) is 4.11. The second-order valence-electron chi connectivity index (χ2n) is 3.22. The zero-order valence-corrected chi connectivity index (χ0v) is 8.55. The van der Waals surface area contributed by atoms with Crippen molar-refractivity contribution in [2.45, 2.75) is 12.5 Å². The molecule has 0 amide bonds. The van der Waals surface area contributed by atoms with Crippen LogP contribution in [0.1, 0.15) is 16.1 Å². The fraction of sp³-hybridized carbons (Fsp3) is 0.556. The zero-order valence-electron chi connectivity index (χ0n) is 7.73. The van der Waals surface area contributed by atoms with Gasteiger partial charge in [0.05, 0.1) is 23.6 Å². The first-order chi connectivity index (χ1) is 6.86. The minimum atomic E-state index is 0.149. The van der Waals surface area contributed by atoms with Gasteiger partial charge in [0, 0.05) is 25.2 Å². The van der Waals surface area contributed by atoms with Gasteiger partial charge in [0.15, 0.2) is 5.78 Å². The Hall–Kier alpha value is -0.780. The van der Waals surface area contributed by atoms with Gasteiger partial charge in [0.1, 0.15) is 0 Å². The molecule has 1 aliphatic rings. The SMILES string of the molecule is O=C(CC1COCCN1)c1cncs1. The number of carbonyl (C=O) groups excluding carboxylic acids is 1. The number of hydrogen-bond donors (Lipinski definition) is 1. The van der Waals surface area contributed by atoms with E-state index in [0.29, 0.717) is 13.0 Å². The highest BCUT2D eigenvalue weighted by molar-refractivity contribution is 7.11. The highest BCUT2D eigenvalue weighted by Crippen LogP contribution is 2.11. The van der Waals surface area contributed by atoms with Crippen LogP contribution in [0.3, 0.4) is 0 Å². The van der Waals surface area contributed by atoms with Crippen molar-refractivity contribution in [2.75, 3.05) is 19.8 Å². The van der Waals surface area contributed by atoms with Crippen LogP contribution >= 0.6 is 11.3 Å². The van der Waals surface area contributed by atoms with Gasteiger partial charge in [-0.05, 0) is 0 Å². The molecule has 1 atom stereocenters. The van der Waals surface area contributed by atoms with Crippen molar-refractivity contribution in [1.82, 2.24) is 10.3 Å². The van der Waals surface area contributed by atoms with Crippen molar-refractivity contribution in [3.05, 3.63) is 16.6 Å². The number of nitrogens with one attached hydrogen (secondary N) is 1. The van der Waals surface area contributed by atoms with E-state index in [9.17, 15) is 4.79 Å². The number of ether oxygens (including phenoxy) is 1. The van der Waals surface area contributed by atoms with Crippen molar-refractivity contribution in [3.8, 4) is 0 Å². The van der Waals surface area contributed by atoms with E-state index < -0.39 is 0 Å². The summed E-state index contributed by atoms with van der Waals surface area (Å²) in [6.45, 7) is 2.20. The third kappa shape index (κ3) is 2.37. The third-order valence-electron chi connectivity index (χ3n) is 2.14. The lowest BCUT2D eigenvalue weighted by Crippen LogP contribution is -2.42. The van der Waals surface area contributed by atoms with E-state index >= 15 is 0 Å². The molecule has 0 spiro atoms. The van der Waals surface area contributed by atoms with Crippen molar-refractivity contribution in [1.29, 1.82) is 0 Å². The number of morpholine rings is 1. The number of nitrogens with zero attached hydrogens (tertiary/aromatic N) is 1. The topological polar surface area (TPSA) is 51.2 Å². The van der Waals surface area contributed by atoms with Crippen LogP contribution in [0.25, 0.3) is 0 Å². The number of hydrogen-bond acceptors (Lipinski definition) is 5. The van der Waals surface area contributed by atoms with E-state index in [2.05, 4.69) is 10.3 Å². The molecule has 5 heteroatoms. The van der Waals surface area contributed by atoms with Crippen molar-refractivity contribution in [3.63, 3.8) is 0 Å². The lowest BCUT2D eigenvalue weighted by molar-refractivity contribution is 0.0677. The average Bonchev–Trinajstić information content (AvgIpc) is 2.72. The first-order valence-corrected chi connectivity index (χ1v) is 5.47. The molecule has 0 radical (unpaired) electrons. The van der Waals surface area contributed by atoms with Gasteiger partial charge in [-0.3, -0.25) is 9.78 Å². The Balaban J connectivity index is 1.87. The van der Waals surface area contributed by atoms with Gasteiger partial charge in [0.25, 0.3) is 0 Å². The van der Waals surface area contributed by atoms with Gasteiger partial charge >= 0.3 is 0 Å². The number of carbonyl (C=O) groups is 1. The van der Waals surface area contributed by atoms with E-state index in [-0.39, 0.29) is 11.8 Å². The van der Waals surface area contributed by atoms with Gasteiger partial charge in [0.2, 0.25) is 0 Å². The third-order valence-corrected chi connectivity index (χ3v) is 2.95. The Morgan fingerprint density at radius 2 is 2.71 bits per heavy atom. The summed E-state index contributed by atoms with van der Waals surface area (Å²) in [4.78, 5) is 16.3. The molecule has 0 bridgehead atoms. The van der Waals surface area contributed by atoms with Gasteiger partial charge in [-0.15, -0.1) is 11.3 Å². The molecule has 0 aliphatic carbocycles. The first-order valence-electron chi connectivity index (χ1n) is 4.59. The van der Waals surface area contributed by atoms with Crippen LogP contribution in [0, 0.1) is 0 Å². The minimum Gasteiger partial charge on any atom is -0.378 e. The fourth-order valence-electron chi connectivity index (χ4n) is 1.43. The summed E-state index contributed by atoms with van der Waals surface area (Å²) in [7, 11) is 0. The summed E-state index contributed by atoms with van der Waals surface area (Å²) in [5.74, 6) is 0.149. The Labute approximate surface area is 86.3 Å². The molecule has 0 saturated carbocycles. The van der Waals surface area contributed by atoms with Gasteiger partial charge in [-0.1, -0.05) is 0 Å². The van der Waals surface area contributed by atoms with Crippen molar-refractivity contribution in [2.24, 2.45) is 0 Å². The molecule has 76 valence electrons. The van der Waals surface area contributed by atoms with Crippen LogP contribution in [0.15, 0.2) is 11.7 Å². The van der Waals surface area contributed by atoms with E-state index in [0.717, 1.165) is 18.0 Å². The van der Waals surface area contributed by atoms with Crippen LogP contribution in [-0.4, -0.2) is 36.6 Å².